The van der Waals surface area contributed by atoms with Crippen molar-refractivity contribution < 1.29 is 14.2 Å². The fourth-order valence-electron chi connectivity index (χ4n) is 3.81. The summed E-state index contributed by atoms with van der Waals surface area (Å²) in [4.78, 5) is 18.2. The number of aromatic nitrogens is 2. The minimum atomic E-state index is -0.249. The van der Waals surface area contributed by atoms with Gasteiger partial charge in [-0.3, -0.25) is 4.79 Å². The standard InChI is InChI=1S/C28H26BrCl2N3O4/c1-5-16(2)27-33-23-9-7-19(29)12-21(23)28(35)34(27)32-14-17-10-24(36-3)26(25(11-17)37-4)38-15-18-6-8-20(30)13-22(18)31/h6-14,16H,5,15H2,1-4H3/t16-/m1/s1. The highest BCUT2D eigenvalue weighted by Gasteiger charge is 2.17. The molecular weight excluding hydrogens is 593 g/mol. The second-order valence-electron chi connectivity index (χ2n) is 8.58. The van der Waals surface area contributed by atoms with Crippen LogP contribution in [-0.2, 0) is 6.61 Å². The summed E-state index contributed by atoms with van der Waals surface area (Å²) in [5.74, 6) is 1.89. The summed E-state index contributed by atoms with van der Waals surface area (Å²) in [7, 11) is 3.07. The number of hydrogen-bond acceptors (Lipinski definition) is 6. The fraction of sp³-hybridized carbons (Fsp3) is 0.250. The Kier molecular flexibility index (Phi) is 8.97. The van der Waals surface area contributed by atoms with Gasteiger partial charge in [-0.15, -0.1) is 0 Å². The third-order valence-electron chi connectivity index (χ3n) is 6.08. The van der Waals surface area contributed by atoms with Crippen LogP contribution in [0, 0.1) is 0 Å². The van der Waals surface area contributed by atoms with Crippen molar-refractivity contribution in [3.05, 3.63) is 90.4 Å². The first kappa shape index (κ1) is 28.0. The smallest absolute Gasteiger partial charge is 0.282 e. The minimum Gasteiger partial charge on any atom is -0.493 e. The summed E-state index contributed by atoms with van der Waals surface area (Å²) >= 11 is 15.7. The molecule has 10 heteroatoms. The first-order valence-electron chi connectivity index (χ1n) is 11.8. The first-order chi connectivity index (χ1) is 18.2. The molecule has 1 atom stereocenters. The van der Waals surface area contributed by atoms with Crippen molar-refractivity contribution in [2.75, 3.05) is 14.2 Å². The van der Waals surface area contributed by atoms with Crippen LogP contribution in [0.1, 0.15) is 43.1 Å². The van der Waals surface area contributed by atoms with E-state index < -0.39 is 0 Å². The molecule has 0 aliphatic heterocycles. The molecule has 1 heterocycles. The molecule has 1 aromatic heterocycles. The van der Waals surface area contributed by atoms with Crippen LogP contribution in [0.25, 0.3) is 10.9 Å². The molecule has 0 unspecified atom stereocenters. The van der Waals surface area contributed by atoms with E-state index in [-0.39, 0.29) is 18.1 Å². The number of ether oxygens (including phenoxy) is 3. The van der Waals surface area contributed by atoms with Crippen LogP contribution >= 0.6 is 39.1 Å². The third-order valence-corrected chi connectivity index (χ3v) is 7.16. The summed E-state index contributed by atoms with van der Waals surface area (Å²) in [6.45, 7) is 4.24. The number of fused-ring (bicyclic) bond motifs is 1. The second kappa shape index (κ2) is 12.2. The van der Waals surface area contributed by atoms with Gasteiger partial charge in [0.2, 0.25) is 5.75 Å². The monoisotopic (exact) mass is 617 g/mol. The highest BCUT2D eigenvalue weighted by atomic mass is 79.9. The quantitative estimate of drug-likeness (QED) is 0.182. The molecule has 198 valence electrons. The molecule has 7 nitrogen and oxygen atoms in total. The number of methoxy groups -OCH3 is 2. The molecule has 4 aromatic rings. The van der Waals surface area contributed by atoms with Crippen LogP contribution in [0.5, 0.6) is 17.2 Å². The molecule has 0 spiro atoms. The largest absolute Gasteiger partial charge is 0.493 e. The molecule has 0 bridgehead atoms. The van der Waals surface area contributed by atoms with Gasteiger partial charge < -0.3 is 14.2 Å². The van der Waals surface area contributed by atoms with E-state index in [1.807, 2.05) is 26.0 Å². The summed E-state index contributed by atoms with van der Waals surface area (Å²) in [6, 6.07) is 14.2. The Morgan fingerprint density at radius 1 is 1.08 bits per heavy atom. The van der Waals surface area contributed by atoms with Gasteiger partial charge in [0.15, 0.2) is 11.5 Å². The zero-order valence-corrected chi connectivity index (χ0v) is 24.4. The van der Waals surface area contributed by atoms with Crippen molar-refractivity contribution in [1.82, 2.24) is 9.66 Å². The van der Waals surface area contributed by atoms with E-state index in [0.717, 1.165) is 16.5 Å². The lowest BCUT2D eigenvalue weighted by molar-refractivity contribution is 0.266. The number of rotatable bonds is 9. The van der Waals surface area contributed by atoms with Crippen molar-refractivity contribution in [2.24, 2.45) is 5.10 Å². The molecule has 38 heavy (non-hydrogen) atoms. The van der Waals surface area contributed by atoms with Crippen molar-refractivity contribution in [3.63, 3.8) is 0 Å². The van der Waals surface area contributed by atoms with E-state index in [0.29, 0.717) is 49.6 Å². The number of benzene rings is 3. The van der Waals surface area contributed by atoms with Crippen LogP contribution in [0.4, 0.5) is 0 Å². The highest BCUT2D eigenvalue weighted by Crippen LogP contribution is 2.39. The average molecular weight is 619 g/mol. The Bertz CT molecular complexity index is 1550. The summed E-state index contributed by atoms with van der Waals surface area (Å²) in [5.41, 5.74) is 1.79. The van der Waals surface area contributed by atoms with Crippen molar-refractivity contribution >= 4 is 56.2 Å². The summed E-state index contributed by atoms with van der Waals surface area (Å²) in [5, 5.41) is 6.06. The van der Waals surface area contributed by atoms with Crippen molar-refractivity contribution in [1.29, 1.82) is 0 Å². The van der Waals surface area contributed by atoms with E-state index in [1.165, 1.54) is 18.9 Å². The number of nitrogens with zero attached hydrogens (tertiary/aromatic N) is 3. The normalized spacial score (nSPS) is 12.2. The van der Waals surface area contributed by atoms with E-state index >= 15 is 0 Å². The Labute approximate surface area is 239 Å². The van der Waals surface area contributed by atoms with Gasteiger partial charge in [0.05, 0.1) is 31.3 Å². The maximum absolute atomic E-state index is 13.4. The molecule has 0 aliphatic rings. The lowest BCUT2D eigenvalue weighted by Crippen LogP contribution is -2.23. The summed E-state index contributed by atoms with van der Waals surface area (Å²) in [6.07, 6.45) is 2.37. The topological polar surface area (TPSA) is 74.9 Å². The van der Waals surface area contributed by atoms with Gasteiger partial charge >= 0.3 is 0 Å². The van der Waals surface area contributed by atoms with Gasteiger partial charge in [-0.1, -0.05) is 59.0 Å². The zero-order chi connectivity index (χ0) is 27.4. The molecule has 0 N–H and O–H groups in total. The van der Waals surface area contributed by atoms with Crippen molar-refractivity contribution in [2.45, 2.75) is 32.8 Å². The van der Waals surface area contributed by atoms with E-state index in [2.05, 4.69) is 21.0 Å². The van der Waals surface area contributed by atoms with Crippen molar-refractivity contribution in [3.8, 4) is 17.2 Å². The van der Waals surface area contributed by atoms with E-state index in [1.54, 1.807) is 42.6 Å². The molecule has 0 radical (unpaired) electrons. The average Bonchev–Trinajstić information content (AvgIpc) is 2.91. The Morgan fingerprint density at radius 3 is 2.42 bits per heavy atom. The second-order valence-corrected chi connectivity index (χ2v) is 10.3. The van der Waals surface area contributed by atoms with E-state index in [9.17, 15) is 4.79 Å². The highest BCUT2D eigenvalue weighted by molar-refractivity contribution is 9.10. The number of hydrogen-bond donors (Lipinski definition) is 0. The fourth-order valence-corrected chi connectivity index (χ4v) is 4.63. The molecule has 4 rings (SSSR count). The van der Waals surface area contributed by atoms with Gasteiger partial charge in [0, 0.05) is 31.6 Å². The maximum atomic E-state index is 13.4. The van der Waals surface area contributed by atoms with Crippen LogP contribution in [-0.4, -0.2) is 30.1 Å². The zero-order valence-electron chi connectivity index (χ0n) is 21.3. The van der Waals surface area contributed by atoms with Crippen LogP contribution in [0.3, 0.4) is 0 Å². The lowest BCUT2D eigenvalue weighted by Gasteiger charge is -2.16. The minimum absolute atomic E-state index is 0.0208. The van der Waals surface area contributed by atoms with Gasteiger partial charge in [-0.2, -0.15) is 9.78 Å². The van der Waals surface area contributed by atoms with Crippen LogP contribution in [0.2, 0.25) is 10.0 Å². The van der Waals surface area contributed by atoms with Gasteiger partial charge in [0.25, 0.3) is 5.56 Å². The third kappa shape index (κ3) is 5.98. The Morgan fingerprint density at radius 2 is 1.79 bits per heavy atom. The van der Waals surface area contributed by atoms with E-state index in [4.69, 9.17) is 42.4 Å². The molecule has 0 fully saturated rings. The molecule has 0 saturated carbocycles. The molecule has 0 aliphatic carbocycles. The number of halogens is 3. The van der Waals surface area contributed by atoms with Gasteiger partial charge in [0.1, 0.15) is 12.4 Å². The van der Waals surface area contributed by atoms with Gasteiger partial charge in [-0.05, 0) is 48.9 Å². The van der Waals surface area contributed by atoms with Gasteiger partial charge in [-0.25, -0.2) is 4.98 Å². The lowest BCUT2D eigenvalue weighted by atomic mass is 10.1. The first-order valence-corrected chi connectivity index (χ1v) is 13.4. The predicted molar refractivity (Wildman–Crippen MR) is 156 cm³/mol. The Balaban J connectivity index is 1.72. The Hall–Kier alpha value is -3.07. The molecule has 0 amide bonds. The van der Waals surface area contributed by atoms with Crippen LogP contribution < -0.4 is 19.8 Å². The van der Waals surface area contributed by atoms with Crippen LogP contribution in [0.15, 0.2) is 62.9 Å². The molecular formula is C28H26BrCl2N3O4. The molecule has 3 aromatic carbocycles. The SMILES string of the molecule is CC[C@@H](C)c1nc2ccc(Br)cc2c(=O)n1N=Cc1cc(OC)c(OCc2ccc(Cl)cc2Cl)c(OC)c1. The predicted octanol–water partition coefficient (Wildman–Crippen LogP) is 7.46. The molecule has 0 saturated heterocycles. The summed E-state index contributed by atoms with van der Waals surface area (Å²) < 4.78 is 19.3. The maximum Gasteiger partial charge on any atom is 0.282 e.